The molecule has 0 saturated heterocycles. The zero-order chi connectivity index (χ0) is 23.0. The van der Waals surface area contributed by atoms with Crippen LogP contribution in [0, 0.1) is 0 Å². The number of hydrazone groups is 1. The van der Waals surface area contributed by atoms with Crippen molar-refractivity contribution in [1.82, 2.24) is 15.2 Å². The summed E-state index contributed by atoms with van der Waals surface area (Å²) < 4.78 is 6.85. The van der Waals surface area contributed by atoms with Crippen LogP contribution in [0.3, 0.4) is 0 Å². The maximum Gasteiger partial charge on any atom is 0.329 e. The molecule has 1 aromatic heterocycles. The molecule has 1 heterocycles. The predicted molar refractivity (Wildman–Crippen MR) is 126 cm³/mol. The minimum Gasteiger partial charge on any atom is -0.497 e. The summed E-state index contributed by atoms with van der Waals surface area (Å²) in [6, 6.07) is 26.0. The number of amides is 2. The van der Waals surface area contributed by atoms with Crippen molar-refractivity contribution in [2.45, 2.75) is 0 Å². The largest absolute Gasteiger partial charge is 0.497 e. The van der Waals surface area contributed by atoms with Crippen molar-refractivity contribution in [1.29, 1.82) is 0 Å². The highest BCUT2D eigenvalue weighted by atomic mass is 16.5. The smallest absolute Gasteiger partial charge is 0.329 e. The number of hydrogen-bond donors (Lipinski definition) is 2. The number of methoxy groups -OCH3 is 1. The van der Waals surface area contributed by atoms with Gasteiger partial charge in [0, 0.05) is 29.1 Å². The number of aromatic nitrogens is 2. The second-order valence-corrected chi connectivity index (χ2v) is 6.96. The zero-order valence-corrected chi connectivity index (χ0v) is 17.8. The molecule has 0 atom stereocenters. The monoisotopic (exact) mass is 439 g/mol. The summed E-state index contributed by atoms with van der Waals surface area (Å²) in [5.41, 5.74) is 5.85. The van der Waals surface area contributed by atoms with Crippen LogP contribution in [0.25, 0.3) is 16.9 Å². The first kappa shape index (κ1) is 21.5. The van der Waals surface area contributed by atoms with Gasteiger partial charge in [0.05, 0.1) is 19.0 Å². The summed E-state index contributed by atoms with van der Waals surface area (Å²) in [7, 11) is 1.52. The molecule has 8 nitrogen and oxygen atoms in total. The average Bonchev–Trinajstić information content (AvgIpc) is 3.29. The quantitative estimate of drug-likeness (QED) is 0.272. The summed E-state index contributed by atoms with van der Waals surface area (Å²) in [6.07, 6.45) is 3.27. The van der Waals surface area contributed by atoms with Gasteiger partial charge in [0.2, 0.25) is 0 Å². The number of benzene rings is 3. The van der Waals surface area contributed by atoms with Crippen LogP contribution in [0.1, 0.15) is 5.56 Å². The lowest BCUT2D eigenvalue weighted by Gasteiger charge is -2.05. The van der Waals surface area contributed by atoms with Gasteiger partial charge in [-0.2, -0.15) is 10.2 Å². The van der Waals surface area contributed by atoms with Crippen molar-refractivity contribution in [2.75, 3.05) is 12.4 Å². The lowest BCUT2D eigenvalue weighted by molar-refractivity contribution is -0.136. The Morgan fingerprint density at radius 1 is 0.939 bits per heavy atom. The molecule has 0 aliphatic carbocycles. The molecular weight excluding hydrogens is 418 g/mol. The van der Waals surface area contributed by atoms with Crippen molar-refractivity contribution in [2.24, 2.45) is 5.10 Å². The number of nitrogens with zero attached hydrogens (tertiary/aromatic N) is 3. The first-order valence-corrected chi connectivity index (χ1v) is 10.1. The number of carbonyl (C=O) groups excluding carboxylic acids is 2. The van der Waals surface area contributed by atoms with Gasteiger partial charge in [-0.25, -0.2) is 10.1 Å². The fraction of sp³-hybridized carbons (Fsp3) is 0.0400. The third-order valence-electron chi connectivity index (χ3n) is 4.71. The molecule has 0 aliphatic heterocycles. The van der Waals surface area contributed by atoms with Gasteiger partial charge in [-0.1, -0.05) is 54.6 Å². The van der Waals surface area contributed by atoms with E-state index in [1.54, 1.807) is 28.9 Å². The SMILES string of the molecule is COc1cccc(NC(=O)C(=O)N/N=C\c2cn(-c3ccccc3)nc2-c2ccccc2)c1. The normalized spacial score (nSPS) is 10.7. The van der Waals surface area contributed by atoms with Crippen LogP contribution in [-0.4, -0.2) is 34.9 Å². The first-order valence-electron chi connectivity index (χ1n) is 10.1. The van der Waals surface area contributed by atoms with Crippen molar-refractivity contribution >= 4 is 23.7 Å². The fourth-order valence-electron chi connectivity index (χ4n) is 3.12. The van der Waals surface area contributed by atoms with Gasteiger partial charge in [0.15, 0.2) is 0 Å². The topological polar surface area (TPSA) is 97.6 Å². The number of hydrogen-bond acceptors (Lipinski definition) is 5. The molecule has 2 N–H and O–H groups in total. The molecule has 4 aromatic rings. The summed E-state index contributed by atoms with van der Waals surface area (Å²) >= 11 is 0. The molecule has 2 amide bonds. The second-order valence-electron chi connectivity index (χ2n) is 6.96. The van der Waals surface area contributed by atoms with Gasteiger partial charge in [-0.3, -0.25) is 9.59 Å². The molecule has 3 aromatic carbocycles. The Morgan fingerprint density at radius 2 is 1.67 bits per heavy atom. The van der Waals surface area contributed by atoms with E-state index >= 15 is 0 Å². The van der Waals surface area contributed by atoms with Crippen LogP contribution in [-0.2, 0) is 9.59 Å². The van der Waals surface area contributed by atoms with Crippen LogP contribution < -0.4 is 15.5 Å². The third kappa shape index (κ3) is 5.31. The Balaban J connectivity index is 1.50. The summed E-state index contributed by atoms with van der Waals surface area (Å²) in [6.45, 7) is 0. The summed E-state index contributed by atoms with van der Waals surface area (Å²) in [4.78, 5) is 24.4. The van der Waals surface area contributed by atoms with Crippen LogP contribution >= 0.6 is 0 Å². The van der Waals surface area contributed by atoms with E-state index in [0.29, 0.717) is 22.7 Å². The molecule has 8 heteroatoms. The van der Waals surface area contributed by atoms with Crippen LogP contribution in [0.2, 0.25) is 0 Å². The number of carbonyl (C=O) groups is 2. The molecule has 0 fully saturated rings. The van der Waals surface area contributed by atoms with E-state index in [0.717, 1.165) is 11.3 Å². The Labute approximate surface area is 190 Å². The van der Waals surface area contributed by atoms with E-state index in [4.69, 9.17) is 4.74 Å². The molecule has 33 heavy (non-hydrogen) atoms. The number of nitrogens with one attached hydrogen (secondary N) is 2. The standard InChI is InChI=1S/C25H21N5O3/c1-33-22-14-8-11-20(15-22)27-24(31)25(32)28-26-16-19-17-30(21-12-6-3-7-13-21)29-23(19)18-9-4-2-5-10-18/h2-17H,1H3,(H,27,31)(H,28,32)/b26-16-. The summed E-state index contributed by atoms with van der Waals surface area (Å²) in [5.74, 6) is -1.18. The van der Waals surface area contributed by atoms with Crippen LogP contribution in [0.5, 0.6) is 5.75 Å². The van der Waals surface area contributed by atoms with E-state index in [1.165, 1.54) is 13.3 Å². The molecule has 164 valence electrons. The average molecular weight is 439 g/mol. The molecule has 0 bridgehead atoms. The van der Waals surface area contributed by atoms with Crippen molar-refractivity contribution in [3.8, 4) is 22.7 Å². The van der Waals surface area contributed by atoms with Crippen molar-refractivity contribution in [3.05, 3.63) is 96.7 Å². The number of ether oxygens (including phenoxy) is 1. The number of anilines is 1. The maximum absolute atomic E-state index is 12.2. The lowest BCUT2D eigenvalue weighted by Crippen LogP contribution is -2.32. The first-order chi connectivity index (χ1) is 16.1. The van der Waals surface area contributed by atoms with Crippen molar-refractivity contribution in [3.63, 3.8) is 0 Å². The molecule has 0 spiro atoms. The van der Waals surface area contributed by atoms with Crippen LogP contribution in [0.15, 0.2) is 96.2 Å². The van der Waals surface area contributed by atoms with E-state index in [9.17, 15) is 9.59 Å². The minimum absolute atomic E-state index is 0.439. The molecule has 0 aliphatic rings. The molecular formula is C25H21N5O3. The molecule has 0 saturated carbocycles. The van der Waals surface area contributed by atoms with E-state index in [2.05, 4.69) is 20.9 Å². The Hall–Kier alpha value is -4.72. The molecule has 0 radical (unpaired) electrons. The third-order valence-corrected chi connectivity index (χ3v) is 4.71. The zero-order valence-electron chi connectivity index (χ0n) is 17.8. The highest BCUT2D eigenvalue weighted by Gasteiger charge is 2.14. The van der Waals surface area contributed by atoms with Gasteiger partial charge in [0.25, 0.3) is 0 Å². The van der Waals surface area contributed by atoms with Gasteiger partial charge in [-0.15, -0.1) is 0 Å². The van der Waals surface area contributed by atoms with Gasteiger partial charge < -0.3 is 10.1 Å². The Morgan fingerprint density at radius 3 is 2.39 bits per heavy atom. The maximum atomic E-state index is 12.2. The second kappa shape index (κ2) is 10.1. The van der Waals surface area contributed by atoms with E-state index in [-0.39, 0.29) is 0 Å². The lowest BCUT2D eigenvalue weighted by atomic mass is 10.1. The van der Waals surface area contributed by atoms with E-state index < -0.39 is 11.8 Å². The fourth-order valence-corrected chi connectivity index (χ4v) is 3.12. The Kier molecular flexibility index (Phi) is 6.56. The minimum atomic E-state index is -0.897. The highest BCUT2D eigenvalue weighted by Crippen LogP contribution is 2.22. The molecule has 4 rings (SSSR count). The van der Waals surface area contributed by atoms with Gasteiger partial charge in [0.1, 0.15) is 11.4 Å². The highest BCUT2D eigenvalue weighted by molar-refractivity contribution is 6.39. The van der Waals surface area contributed by atoms with Crippen molar-refractivity contribution < 1.29 is 14.3 Å². The number of rotatable bonds is 6. The van der Waals surface area contributed by atoms with Crippen LogP contribution in [0.4, 0.5) is 5.69 Å². The predicted octanol–water partition coefficient (Wildman–Crippen LogP) is 3.64. The van der Waals surface area contributed by atoms with Gasteiger partial charge in [-0.05, 0) is 24.3 Å². The Bertz CT molecular complexity index is 1280. The van der Waals surface area contributed by atoms with E-state index in [1.807, 2.05) is 66.9 Å². The summed E-state index contributed by atoms with van der Waals surface area (Å²) in [5, 5.41) is 11.2. The van der Waals surface area contributed by atoms with Gasteiger partial charge >= 0.3 is 11.8 Å². The molecule has 0 unspecified atom stereocenters. The number of para-hydroxylation sites is 1.